The van der Waals surface area contributed by atoms with Crippen molar-refractivity contribution in [1.29, 1.82) is 5.41 Å². The standard InChI is InChI=1S/C16H20N4O/c1-10-9-11(2)19-16(14(10)15(17)18)20(3)12-7-5-6-8-13(12)21-4/h5-9H,1-4H3,(H3,17,18). The minimum absolute atomic E-state index is 0.0109. The van der Waals surface area contributed by atoms with Crippen molar-refractivity contribution in [2.24, 2.45) is 5.73 Å². The van der Waals surface area contributed by atoms with Crippen LogP contribution in [0.15, 0.2) is 30.3 Å². The van der Waals surface area contributed by atoms with Crippen LogP contribution in [0.5, 0.6) is 5.75 Å². The number of benzene rings is 1. The average Bonchev–Trinajstić information content (AvgIpc) is 2.45. The zero-order valence-corrected chi connectivity index (χ0v) is 12.8. The lowest BCUT2D eigenvalue weighted by Crippen LogP contribution is -2.22. The molecule has 1 heterocycles. The third-order valence-corrected chi connectivity index (χ3v) is 3.36. The average molecular weight is 284 g/mol. The molecule has 0 radical (unpaired) electrons. The Kier molecular flexibility index (Phi) is 4.12. The minimum atomic E-state index is 0.0109. The van der Waals surface area contributed by atoms with Crippen LogP contribution in [-0.2, 0) is 0 Å². The number of rotatable bonds is 4. The zero-order chi connectivity index (χ0) is 15.6. The van der Waals surface area contributed by atoms with Crippen molar-refractivity contribution < 1.29 is 4.74 Å². The maximum Gasteiger partial charge on any atom is 0.144 e. The molecule has 0 unspecified atom stereocenters. The molecule has 5 nitrogen and oxygen atoms in total. The highest BCUT2D eigenvalue weighted by molar-refractivity contribution is 6.01. The molecule has 2 rings (SSSR count). The van der Waals surface area contributed by atoms with Gasteiger partial charge in [0.05, 0.1) is 18.4 Å². The number of nitrogen functional groups attached to an aromatic ring is 1. The van der Waals surface area contributed by atoms with Gasteiger partial charge in [-0.05, 0) is 37.6 Å². The number of nitrogens with zero attached hydrogens (tertiary/aromatic N) is 2. The van der Waals surface area contributed by atoms with Crippen molar-refractivity contribution in [3.8, 4) is 5.75 Å². The van der Waals surface area contributed by atoms with E-state index in [0.29, 0.717) is 11.4 Å². The SMILES string of the molecule is COc1ccccc1N(C)c1nc(C)cc(C)c1C(=N)N. The summed E-state index contributed by atoms with van der Waals surface area (Å²) in [5.41, 5.74) is 9.08. The van der Waals surface area contributed by atoms with Crippen LogP contribution in [0.2, 0.25) is 0 Å². The molecular formula is C16H20N4O. The van der Waals surface area contributed by atoms with Crippen LogP contribution >= 0.6 is 0 Å². The molecule has 0 aliphatic rings. The second kappa shape index (κ2) is 5.83. The van der Waals surface area contributed by atoms with Gasteiger partial charge in [-0.3, -0.25) is 5.41 Å². The van der Waals surface area contributed by atoms with Gasteiger partial charge in [0.15, 0.2) is 0 Å². The molecule has 0 amide bonds. The molecule has 110 valence electrons. The molecule has 5 heteroatoms. The first-order valence-electron chi connectivity index (χ1n) is 6.65. The number of amidine groups is 1. The number of hydrogen-bond acceptors (Lipinski definition) is 4. The van der Waals surface area contributed by atoms with Gasteiger partial charge in [0.1, 0.15) is 17.4 Å². The summed E-state index contributed by atoms with van der Waals surface area (Å²) >= 11 is 0. The van der Waals surface area contributed by atoms with E-state index in [2.05, 4.69) is 4.98 Å². The molecule has 21 heavy (non-hydrogen) atoms. The molecule has 1 aromatic carbocycles. The van der Waals surface area contributed by atoms with E-state index >= 15 is 0 Å². The topological polar surface area (TPSA) is 75.2 Å². The van der Waals surface area contributed by atoms with Crippen LogP contribution in [0.3, 0.4) is 0 Å². The monoisotopic (exact) mass is 284 g/mol. The van der Waals surface area contributed by atoms with Gasteiger partial charge in [-0.2, -0.15) is 0 Å². The van der Waals surface area contributed by atoms with E-state index in [4.69, 9.17) is 15.9 Å². The molecule has 0 atom stereocenters. The first-order chi connectivity index (χ1) is 9.95. The van der Waals surface area contributed by atoms with Crippen molar-refractivity contribution in [1.82, 2.24) is 4.98 Å². The summed E-state index contributed by atoms with van der Waals surface area (Å²) < 4.78 is 5.39. The summed E-state index contributed by atoms with van der Waals surface area (Å²) in [4.78, 5) is 6.45. The third-order valence-electron chi connectivity index (χ3n) is 3.36. The lowest BCUT2D eigenvalue weighted by atomic mass is 10.1. The van der Waals surface area contributed by atoms with Gasteiger partial charge in [-0.25, -0.2) is 4.98 Å². The summed E-state index contributed by atoms with van der Waals surface area (Å²) in [6.45, 7) is 3.86. The summed E-state index contributed by atoms with van der Waals surface area (Å²) in [7, 11) is 3.53. The smallest absolute Gasteiger partial charge is 0.144 e. The molecule has 0 fully saturated rings. The largest absolute Gasteiger partial charge is 0.495 e. The van der Waals surface area contributed by atoms with Crippen LogP contribution in [0.1, 0.15) is 16.8 Å². The molecular weight excluding hydrogens is 264 g/mol. The fourth-order valence-corrected chi connectivity index (χ4v) is 2.41. The predicted molar refractivity (Wildman–Crippen MR) is 85.8 cm³/mol. The maximum absolute atomic E-state index is 7.82. The van der Waals surface area contributed by atoms with E-state index in [1.807, 2.05) is 56.1 Å². The van der Waals surface area contributed by atoms with Gasteiger partial charge in [-0.15, -0.1) is 0 Å². The van der Waals surface area contributed by atoms with Gasteiger partial charge in [0.25, 0.3) is 0 Å². The molecule has 0 saturated carbocycles. The zero-order valence-electron chi connectivity index (χ0n) is 12.8. The molecule has 0 saturated heterocycles. The van der Waals surface area contributed by atoms with Crippen LogP contribution < -0.4 is 15.4 Å². The lowest BCUT2D eigenvalue weighted by Gasteiger charge is -2.24. The second-order valence-electron chi connectivity index (χ2n) is 4.92. The molecule has 2 aromatic rings. The molecule has 3 N–H and O–H groups in total. The van der Waals surface area contributed by atoms with Gasteiger partial charge in [0, 0.05) is 12.7 Å². The van der Waals surface area contributed by atoms with Gasteiger partial charge >= 0.3 is 0 Å². The van der Waals surface area contributed by atoms with Crippen LogP contribution in [0, 0.1) is 19.3 Å². The molecule has 0 bridgehead atoms. The van der Waals surface area contributed by atoms with Crippen molar-refractivity contribution in [3.05, 3.63) is 47.2 Å². The predicted octanol–water partition coefficient (Wildman–Crippen LogP) is 2.76. The molecule has 0 aliphatic carbocycles. The summed E-state index contributed by atoms with van der Waals surface area (Å²) in [5, 5.41) is 7.82. The Bertz CT molecular complexity index is 682. The fraction of sp³-hybridized carbons (Fsp3) is 0.250. The molecule has 0 aliphatic heterocycles. The third kappa shape index (κ3) is 2.81. The van der Waals surface area contributed by atoms with Gasteiger partial charge < -0.3 is 15.4 Å². The summed E-state index contributed by atoms with van der Waals surface area (Å²) in [6, 6.07) is 9.61. The van der Waals surface area contributed by atoms with E-state index in [1.165, 1.54) is 0 Å². The number of anilines is 2. The second-order valence-corrected chi connectivity index (χ2v) is 4.92. The Morgan fingerprint density at radius 3 is 2.57 bits per heavy atom. The van der Waals surface area contributed by atoms with Crippen molar-refractivity contribution in [3.63, 3.8) is 0 Å². The van der Waals surface area contributed by atoms with Crippen LogP contribution in [0.25, 0.3) is 0 Å². The Morgan fingerprint density at radius 2 is 1.95 bits per heavy atom. The molecule has 1 aromatic heterocycles. The number of pyridine rings is 1. The number of ether oxygens (including phenoxy) is 1. The highest BCUT2D eigenvalue weighted by Crippen LogP contribution is 2.33. The van der Waals surface area contributed by atoms with E-state index in [1.54, 1.807) is 7.11 Å². The fourth-order valence-electron chi connectivity index (χ4n) is 2.41. The normalized spacial score (nSPS) is 10.3. The number of methoxy groups -OCH3 is 1. The number of aromatic nitrogens is 1. The highest BCUT2D eigenvalue weighted by atomic mass is 16.5. The first-order valence-corrected chi connectivity index (χ1v) is 6.65. The molecule has 0 spiro atoms. The van der Waals surface area contributed by atoms with Crippen molar-refractivity contribution in [2.45, 2.75) is 13.8 Å². The maximum atomic E-state index is 7.82. The van der Waals surface area contributed by atoms with Gasteiger partial charge in [0.2, 0.25) is 0 Å². The number of nitrogens with two attached hydrogens (primary N) is 1. The van der Waals surface area contributed by atoms with Crippen molar-refractivity contribution >= 4 is 17.3 Å². The quantitative estimate of drug-likeness (QED) is 0.668. The van der Waals surface area contributed by atoms with E-state index in [0.717, 1.165) is 22.7 Å². The first kappa shape index (κ1) is 14.8. The lowest BCUT2D eigenvalue weighted by molar-refractivity contribution is 0.415. The van der Waals surface area contributed by atoms with E-state index in [-0.39, 0.29) is 5.84 Å². The Labute approximate surface area is 124 Å². The number of para-hydroxylation sites is 2. The van der Waals surface area contributed by atoms with Crippen molar-refractivity contribution in [2.75, 3.05) is 19.1 Å². The van der Waals surface area contributed by atoms with Crippen LogP contribution in [0.4, 0.5) is 11.5 Å². The van der Waals surface area contributed by atoms with E-state index < -0.39 is 0 Å². The summed E-state index contributed by atoms with van der Waals surface area (Å²) in [5.74, 6) is 1.41. The number of aryl methyl sites for hydroxylation is 2. The number of hydrogen-bond donors (Lipinski definition) is 2. The van der Waals surface area contributed by atoms with Crippen LogP contribution in [-0.4, -0.2) is 25.0 Å². The Morgan fingerprint density at radius 1 is 1.29 bits per heavy atom. The Hall–Kier alpha value is -2.56. The highest BCUT2D eigenvalue weighted by Gasteiger charge is 2.18. The van der Waals surface area contributed by atoms with Gasteiger partial charge in [-0.1, -0.05) is 12.1 Å². The minimum Gasteiger partial charge on any atom is -0.495 e. The Balaban J connectivity index is 2.63. The summed E-state index contributed by atoms with van der Waals surface area (Å²) in [6.07, 6.45) is 0. The van der Waals surface area contributed by atoms with E-state index in [9.17, 15) is 0 Å². The number of nitrogens with one attached hydrogen (secondary N) is 1.